The van der Waals surface area contributed by atoms with Crippen LogP contribution in [-0.2, 0) is 28.7 Å². The molecule has 9 atom stereocenters. The molecule has 3 amide bonds. The first kappa shape index (κ1) is 42.8. The van der Waals surface area contributed by atoms with E-state index in [1.165, 1.54) is 4.90 Å². The minimum absolute atomic E-state index is 0.127. The van der Waals surface area contributed by atoms with E-state index in [2.05, 4.69) is 47.8 Å². The number of ether oxygens (including phenoxy) is 2. The number of aliphatic hydroxyl groups excluding tert-OH is 1. The number of likely N-dealkylation sites (N-methyl/N-ethyl adjacent to an activating group) is 1. The van der Waals surface area contributed by atoms with Gasteiger partial charge in [0.2, 0.25) is 11.8 Å². The largest absolute Gasteiger partial charge is 0.455 e. The second kappa shape index (κ2) is 18.4. The Morgan fingerprint density at radius 3 is 2.14 bits per heavy atom. The van der Waals surface area contributed by atoms with Gasteiger partial charge < -0.3 is 34.2 Å². The fourth-order valence-electron chi connectivity index (χ4n) is 9.14. The number of esters is 1. The number of alkyl halides is 1. The van der Waals surface area contributed by atoms with Crippen molar-refractivity contribution in [1.82, 2.24) is 9.80 Å². The lowest BCUT2D eigenvalue weighted by atomic mass is 9.70. The number of hydrogen-bond donors (Lipinski definition) is 1. The Morgan fingerprint density at radius 2 is 1.57 bits per heavy atom. The first-order valence-corrected chi connectivity index (χ1v) is 21.1. The maximum atomic E-state index is 15.4. The minimum atomic E-state index is -1.44. The van der Waals surface area contributed by atoms with Gasteiger partial charge in [-0.2, -0.15) is 0 Å². The van der Waals surface area contributed by atoms with Crippen molar-refractivity contribution in [2.24, 2.45) is 11.8 Å². The van der Waals surface area contributed by atoms with Crippen molar-refractivity contribution in [1.29, 1.82) is 0 Å². The number of likely N-dealkylation sites (tertiary alicyclic amines) is 1. The summed E-state index contributed by atoms with van der Waals surface area (Å²) in [6.07, 6.45) is 2.68. The van der Waals surface area contributed by atoms with Crippen molar-refractivity contribution in [3.05, 3.63) is 121 Å². The number of anilines is 2. The molecule has 3 aromatic carbocycles. The molecule has 1 N–H and O–H groups in total. The second-order valence-corrected chi connectivity index (χ2v) is 16.5. The molecular weight excluding hydrogens is 800 g/mol. The molecule has 0 saturated carbocycles. The third-order valence-electron chi connectivity index (χ3n) is 12.2. The summed E-state index contributed by atoms with van der Waals surface area (Å²) in [4.78, 5) is 65.1. The standard InChI is InChI=1S/C46H55BrN4O7/c1-7-11-22-37(53)48(6)30(5)40(32-20-16-13-17-21-32)57-45(56)38-39-43(54)51(36(29-52)31-18-14-12-15-19-31)42(46(39)28-35(47)41(38)58-46)44(55)50(27-8-2)34-25-23-33(24-26-34)49(9-3)10-4/h7-8,12-21,23-26,30,35-36,38-42,52H,1-2,9-11,22,27-29H2,3-6H3/t30-,35?,36+,38-,39+,40+,41-,42-,46+/m0/s1. The number of allylic oxidation sites excluding steroid dienone is 1. The lowest BCUT2D eigenvalue weighted by Gasteiger charge is -2.39. The number of rotatable bonds is 18. The van der Waals surface area contributed by atoms with Gasteiger partial charge in [0, 0.05) is 49.3 Å². The Balaban J connectivity index is 1.42. The zero-order valence-electron chi connectivity index (χ0n) is 33.8. The summed E-state index contributed by atoms with van der Waals surface area (Å²) in [5.74, 6) is -3.86. The van der Waals surface area contributed by atoms with Crippen LogP contribution in [0.4, 0.5) is 11.4 Å². The lowest BCUT2D eigenvalue weighted by Crippen LogP contribution is -2.57. The Hall–Kier alpha value is -4.78. The van der Waals surface area contributed by atoms with E-state index in [1.807, 2.05) is 91.9 Å². The number of hydrogen-bond acceptors (Lipinski definition) is 8. The molecule has 2 bridgehead atoms. The SMILES string of the molecule is C=CCCC(=O)N(C)[C@@H](C)[C@@H](OC(=O)[C@@H]1[C@H]2O[C@@]3(CC2Br)[C@H](C(=O)N(CC=C)c2ccc(N(CC)CC)cc2)N([C@H](CO)c2ccccc2)C(=O)[C@@H]13)c1ccccc1. The van der Waals surface area contributed by atoms with Crippen LogP contribution in [0.3, 0.4) is 0 Å². The molecule has 3 aromatic rings. The van der Waals surface area contributed by atoms with Crippen LogP contribution in [0.1, 0.15) is 63.3 Å². The Labute approximate surface area is 350 Å². The molecule has 3 fully saturated rings. The van der Waals surface area contributed by atoms with E-state index >= 15 is 9.59 Å². The zero-order valence-corrected chi connectivity index (χ0v) is 35.4. The van der Waals surface area contributed by atoms with Crippen LogP contribution in [0.15, 0.2) is 110 Å². The molecule has 3 heterocycles. The van der Waals surface area contributed by atoms with Gasteiger partial charge in [0.1, 0.15) is 17.7 Å². The van der Waals surface area contributed by atoms with Gasteiger partial charge in [0.05, 0.1) is 36.6 Å². The molecule has 3 aliphatic heterocycles. The van der Waals surface area contributed by atoms with Crippen LogP contribution >= 0.6 is 15.9 Å². The third kappa shape index (κ3) is 7.86. The first-order valence-electron chi connectivity index (χ1n) is 20.2. The van der Waals surface area contributed by atoms with Gasteiger partial charge in [-0.3, -0.25) is 19.2 Å². The van der Waals surface area contributed by atoms with Gasteiger partial charge in [-0.1, -0.05) is 88.7 Å². The number of aliphatic hydroxyl groups is 1. The van der Waals surface area contributed by atoms with E-state index in [0.29, 0.717) is 23.2 Å². The van der Waals surface area contributed by atoms with Crippen LogP contribution in [0, 0.1) is 11.8 Å². The van der Waals surface area contributed by atoms with Gasteiger partial charge >= 0.3 is 5.97 Å². The van der Waals surface area contributed by atoms with Gasteiger partial charge in [-0.25, -0.2) is 0 Å². The number of benzene rings is 3. The Bertz CT molecular complexity index is 1940. The number of carbonyl (C=O) groups is 4. The van der Waals surface area contributed by atoms with E-state index in [9.17, 15) is 14.7 Å². The molecule has 3 aliphatic rings. The highest BCUT2D eigenvalue weighted by Gasteiger charge is 2.78. The molecule has 308 valence electrons. The Kier molecular flexibility index (Phi) is 13.6. The number of halogens is 1. The van der Waals surface area contributed by atoms with Crippen LogP contribution in [0.2, 0.25) is 0 Å². The van der Waals surface area contributed by atoms with Crippen LogP contribution in [0.5, 0.6) is 0 Å². The van der Waals surface area contributed by atoms with Crippen molar-refractivity contribution in [2.45, 2.75) is 80.8 Å². The van der Waals surface area contributed by atoms with Crippen LogP contribution < -0.4 is 9.80 Å². The van der Waals surface area contributed by atoms with Crippen molar-refractivity contribution in [2.75, 3.05) is 43.1 Å². The van der Waals surface area contributed by atoms with E-state index in [1.54, 1.807) is 29.0 Å². The van der Waals surface area contributed by atoms with Crippen LogP contribution in [-0.4, -0.2) is 101 Å². The van der Waals surface area contributed by atoms with Crippen molar-refractivity contribution < 1.29 is 33.8 Å². The maximum Gasteiger partial charge on any atom is 0.313 e. The summed E-state index contributed by atoms with van der Waals surface area (Å²) in [5, 5.41) is 11.0. The molecule has 6 rings (SSSR count). The van der Waals surface area contributed by atoms with Crippen molar-refractivity contribution in [3.8, 4) is 0 Å². The first-order chi connectivity index (χ1) is 28.0. The van der Waals surface area contributed by atoms with Crippen LogP contribution in [0.25, 0.3) is 0 Å². The van der Waals surface area contributed by atoms with E-state index in [4.69, 9.17) is 9.47 Å². The molecule has 1 spiro atoms. The molecule has 11 nitrogen and oxygen atoms in total. The highest BCUT2D eigenvalue weighted by Crippen LogP contribution is 2.62. The van der Waals surface area contributed by atoms with Gasteiger partial charge in [-0.15, -0.1) is 13.2 Å². The minimum Gasteiger partial charge on any atom is -0.455 e. The summed E-state index contributed by atoms with van der Waals surface area (Å²) in [7, 11) is 1.68. The molecule has 1 unspecified atom stereocenters. The predicted octanol–water partition coefficient (Wildman–Crippen LogP) is 6.63. The smallest absolute Gasteiger partial charge is 0.313 e. The number of amides is 3. The third-order valence-corrected chi connectivity index (χ3v) is 13.0. The normalized spacial score (nSPS) is 24.7. The molecular formula is C46H55BrN4O7. The summed E-state index contributed by atoms with van der Waals surface area (Å²) < 4.78 is 13.3. The van der Waals surface area contributed by atoms with E-state index < -0.39 is 77.0 Å². The summed E-state index contributed by atoms with van der Waals surface area (Å²) >= 11 is 3.79. The summed E-state index contributed by atoms with van der Waals surface area (Å²) in [6, 6.07) is 23.3. The van der Waals surface area contributed by atoms with Crippen molar-refractivity contribution in [3.63, 3.8) is 0 Å². The lowest BCUT2D eigenvalue weighted by molar-refractivity contribution is -0.165. The van der Waals surface area contributed by atoms with E-state index in [0.717, 1.165) is 18.8 Å². The molecule has 0 radical (unpaired) electrons. The number of fused-ring (bicyclic) bond motifs is 1. The molecule has 12 heteroatoms. The maximum absolute atomic E-state index is 15.4. The molecule has 0 aliphatic carbocycles. The molecule has 58 heavy (non-hydrogen) atoms. The molecule has 3 saturated heterocycles. The van der Waals surface area contributed by atoms with Crippen molar-refractivity contribution >= 4 is 51.0 Å². The van der Waals surface area contributed by atoms with Gasteiger partial charge in [-0.05, 0) is 69.0 Å². The summed E-state index contributed by atoms with van der Waals surface area (Å²) in [5.41, 5.74) is 1.50. The van der Waals surface area contributed by atoms with Gasteiger partial charge in [0.25, 0.3) is 5.91 Å². The predicted molar refractivity (Wildman–Crippen MR) is 228 cm³/mol. The second-order valence-electron chi connectivity index (χ2n) is 15.3. The topological polar surface area (TPSA) is 120 Å². The average molecular weight is 856 g/mol. The fraction of sp³-hybridized carbons (Fsp3) is 0.435. The zero-order chi connectivity index (χ0) is 41.7. The molecule has 0 aromatic heterocycles. The fourth-order valence-corrected chi connectivity index (χ4v) is 10.1. The number of nitrogens with zero attached hydrogens (tertiary/aromatic N) is 4. The van der Waals surface area contributed by atoms with E-state index in [-0.39, 0.29) is 25.3 Å². The summed E-state index contributed by atoms with van der Waals surface area (Å²) in [6.45, 7) is 15.0. The quantitative estimate of drug-likeness (QED) is 0.0861. The number of carbonyl (C=O) groups excluding carboxylic acids is 4. The average Bonchev–Trinajstić information content (AvgIpc) is 3.85. The highest BCUT2D eigenvalue weighted by atomic mass is 79.9. The highest BCUT2D eigenvalue weighted by molar-refractivity contribution is 9.09. The Morgan fingerprint density at radius 1 is 0.966 bits per heavy atom. The monoisotopic (exact) mass is 854 g/mol. The van der Waals surface area contributed by atoms with Gasteiger partial charge in [0.15, 0.2) is 0 Å².